The van der Waals surface area contributed by atoms with Crippen LogP contribution < -0.4 is 5.32 Å². The Morgan fingerprint density at radius 2 is 1.74 bits per heavy atom. The second-order valence-corrected chi connectivity index (χ2v) is 14.0. The summed E-state index contributed by atoms with van der Waals surface area (Å²) in [6.45, 7) is 12.0. The van der Waals surface area contributed by atoms with Crippen molar-refractivity contribution in [1.29, 1.82) is 0 Å². The van der Waals surface area contributed by atoms with Crippen molar-refractivity contribution >= 4 is 17.7 Å². The molecule has 1 aromatic carbocycles. The topological polar surface area (TPSA) is 163 Å². The van der Waals surface area contributed by atoms with Gasteiger partial charge in [0.15, 0.2) is 6.10 Å². The summed E-state index contributed by atoms with van der Waals surface area (Å²) in [6, 6.07) is 7.52. The predicted octanol–water partition coefficient (Wildman–Crippen LogP) is 1.99. The number of aliphatic hydroxyl groups is 4. The SMILES string of the molecule is CC(=O)NC(c1ccccc1)C(O)C(=O)OC1CC2(O)C(C)C3[C@]4(O)COC4CC(O)[C@@]3(C)C(=O)[C@H](C)C(=C1C)C2(C)C. The summed E-state index contributed by atoms with van der Waals surface area (Å²) in [5.74, 6) is -4.03. The van der Waals surface area contributed by atoms with Gasteiger partial charge < -0.3 is 35.2 Å². The molecule has 11 atom stereocenters. The van der Waals surface area contributed by atoms with Crippen LogP contribution in [-0.4, -0.2) is 80.3 Å². The number of hydrogen-bond donors (Lipinski definition) is 5. The van der Waals surface area contributed by atoms with Crippen LogP contribution in [0.5, 0.6) is 0 Å². The summed E-state index contributed by atoms with van der Waals surface area (Å²) in [6.07, 6.45) is -4.44. The van der Waals surface area contributed by atoms with E-state index < -0.39 is 82.1 Å². The van der Waals surface area contributed by atoms with Crippen LogP contribution in [0.4, 0.5) is 0 Å². The van der Waals surface area contributed by atoms with Crippen LogP contribution in [0.1, 0.15) is 72.9 Å². The Balaban J connectivity index is 1.57. The zero-order chi connectivity index (χ0) is 31.9. The average Bonchev–Trinajstić information content (AvgIpc) is 2.94. The van der Waals surface area contributed by atoms with E-state index in [9.17, 15) is 34.8 Å². The third-order valence-corrected chi connectivity index (χ3v) is 11.5. The standard InChI is InChI=1S/C33H45NO9/c1-16-21(43-29(39)26(37)25(34-19(4)35)20-11-9-8-10-12-20)14-33(41)18(3)27-31(7,22(36)13-23-32(27,40)15-42-23)28(38)17(2)24(16)30(33,5)6/h8-12,17-18,21-23,25-27,36-37,40-41H,13-15H2,1-7H3,(H,34,35)/t17-,18?,21?,22?,23?,25?,26?,27?,31-,32+,33?/m1/s1. The molecule has 0 aromatic heterocycles. The number of nitrogens with one attached hydrogen (secondary N) is 1. The minimum atomic E-state index is -1.75. The van der Waals surface area contributed by atoms with Crippen molar-refractivity contribution in [2.24, 2.45) is 28.6 Å². The number of Topliss-reactive ketones (excluding diaryl/α,β-unsaturated/α-hetero) is 1. The van der Waals surface area contributed by atoms with Crippen molar-refractivity contribution in [3.8, 4) is 0 Å². The molecule has 10 heteroatoms. The highest BCUT2D eigenvalue weighted by Crippen LogP contribution is 2.65. The Morgan fingerprint density at radius 3 is 2.30 bits per heavy atom. The number of aliphatic hydroxyl groups excluding tert-OH is 2. The molecule has 236 valence electrons. The van der Waals surface area contributed by atoms with Crippen LogP contribution in [0.25, 0.3) is 0 Å². The van der Waals surface area contributed by atoms with E-state index in [1.807, 2.05) is 13.8 Å². The van der Waals surface area contributed by atoms with Gasteiger partial charge in [0, 0.05) is 37.0 Å². The highest BCUT2D eigenvalue weighted by molar-refractivity contribution is 5.91. The van der Waals surface area contributed by atoms with E-state index in [1.165, 1.54) is 6.92 Å². The third kappa shape index (κ3) is 4.43. The maximum atomic E-state index is 14.4. The fourth-order valence-electron chi connectivity index (χ4n) is 9.18. The van der Waals surface area contributed by atoms with Crippen LogP contribution in [0.15, 0.2) is 41.5 Å². The van der Waals surface area contributed by atoms with Gasteiger partial charge in [0.25, 0.3) is 0 Å². The van der Waals surface area contributed by atoms with Gasteiger partial charge in [-0.2, -0.15) is 0 Å². The van der Waals surface area contributed by atoms with Gasteiger partial charge in [-0.1, -0.05) is 58.0 Å². The first-order valence-electron chi connectivity index (χ1n) is 15.1. The van der Waals surface area contributed by atoms with Gasteiger partial charge in [-0.15, -0.1) is 0 Å². The maximum absolute atomic E-state index is 14.4. The zero-order valence-corrected chi connectivity index (χ0v) is 26.0. The molecule has 43 heavy (non-hydrogen) atoms. The lowest BCUT2D eigenvalue weighted by molar-refractivity contribution is -0.335. The van der Waals surface area contributed by atoms with Gasteiger partial charge in [0.1, 0.15) is 17.5 Å². The van der Waals surface area contributed by atoms with Gasteiger partial charge in [-0.25, -0.2) is 4.79 Å². The quantitative estimate of drug-likeness (QED) is 0.252. The van der Waals surface area contributed by atoms with E-state index >= 15 is 0 Å². The first-order valence-corrected chi connectivity index (χ1v) is 15.1. The van der Waals surface area contributed by atoms with Crippen LogP contribution in [0, 0.1) is 28.6 Å². The lowest BCUT2D eigenvalue weighted by Crippen LogP contribution is -2.78. The summed E-state index contributed by atoms with van der Waals surface area (Å²) >= 11 is 0. The third-order valence-electron chi connectivity index (χ3n) is 11.5. The van der Waals surface area contributed by atoms with E-state index in [0.717, 1.165) is 0 Å². The molecule has 1 aromatic rings. The number of fused-ring (bicyclic) bond motifs is 5. The zero-order valence-electron chi connectivity index (χ0n) is 26.0. The normalized spacial score (nSPS) is 41.4. The molecule has 3 aliphatic carbocycles. The average molecular weight is 600 g/mol. The fraction of sp³-hybridized carbons (Fsp3) is 0.667. The van der Waals surface area contributed by atoms with E-state index in [-0.39, 0.29) is 25.2 Å². The minimum Gasteiger partial charge on any atom is -0.456 e. The second-order valence-electron chi connectivity index (χ2n) is 14.0. The molecule has 5 N–H and O–H groups in total. The molecular formula is C33H45NO9. The van der Waals surface area contributed by atoms with E-state index in [4.69, 9.17) is 9.47 Å². The molecule has 1 saturated heterocycles. The Labute approximate surface area is 252 Å². The highest BCUT2D eigenvalue weighted by atomic mass is 16.6. The fourth-order valence-corrected chi connectivity index (χ4v) is 9.18. The molecule has 0 radical (unpaired) electrons. The predicted molar refractivity (Wildman–Crippen MR) is 155 cm³/mol. The number of rotatable bonds is 5. The number of hydrogen-bond acceptors (Lipinski definition) is 9. The summed E-state index contributed by atoms with van der Waals surface area (Å²) < 4.78 is 11.6. The van der Waals surface area contributed by atoms with Gasteiger partial charge in [-0.05, 0) is 36.5 Å². The summed E-state index contributed by atoms with van der Waals surface area (Å²) in [5, 5.41) is 49.8. The van der Waals surface area contributed by atoms with Crippen LogP contribution in [-0.2, 0) is 23.9 Å². The van der Waals surface area contributed by atoms with Crippen LogP contribution >= 0.6 is 0 Å². The van der Waals surface area contributed by atoms with E-state index in [1.54, 1.807) is 58.0 Å². The van der Waals surface area contributed by atoms with E-state index in [2.05, 4.69) is 5.32 Å². The Bertz CT molecular complexity index is 1340. The number of ketones is 1. The van der Waals surface area contributed by atoms with Gasteiger partial charge >= 0.3 is 5.97 Å². The number of benzene rings is 1. The number of amides is 1. The summed E-state index contributed by atoms with van der Waals surface area (Å²) in [4.78, 5) is 39.9. The Hall–Kier alpha value is -2.63. The number of carbonyl (C=O) groups is 3. The summed E-state index contributed by atoms with van der Waals surface area (Å²) in [5.41, 5.74) is -3.64. The lowest BCUT2D eigenvalue weighted by Gasteiger charge is -2.67. The molecule has 3 fully saturated rings. The first kappa shape index (κ1) is 31.8. The Morgan fingerprint density at radius 1 is 1.12 bits per heavy atom. The smallest absolute Gasteiger partial charge is 0.338 e. The highest BCUT2D eigenvalue weighted by Gasteiger charge is 2.73. The molecule has 1 aliphatic heterocycles. The van der Waals surface area contributed by atoms with Crippen molar-refractivity contribution < 1.29 is 44.3 Å². The lowest BCUT2D eigenvalue weighted by atomic mass is 9.42. The van der Waals surface area contributed by atoms with Gasteiger partial charge in [0.2, 0.25) is 5.91 Å². The van der Waals surface area contributed by atoms with Crippen molar-refractivity contribution in [2.45, 2.75) is 103 Å². The maximum Gasteiger partial charge on any atom is 0.338 e. The van der Waals surface area contributed by atoms with Crippen molar-refractivity contribution in [1.82, 2.24) is 5.32 Å². The van der Waals surface area contributed by atoms with Crippen LogP contribution in [0.3, 0.4) is 0 Å². The molecule has 8 unspecified atom stereocenters. The van der Waals surface area contributed by atoms with Crippen molar-refractivity contribution in [2.75, 3.05) is 6.61 Å². The second kappa shape index (κ2) is 10.5. The summed E-state index contributed by atoms with van der Waals surface area (Å²) in [7, 11) is 0. The number of ether oxygens (including phenoxy) is 2. The minimum absolute atomic E-state index is 0.0104. The Kier molecular flexibility index (Phi) is 7.75. The number of esters is 1. The number of carbonyl (C=O) groups excluding carboxylic acids is 3. The molecular weight excluding hydrogens is 554 g/mol. The monoisotopic (exact) mass is 599 g/mol. The van der Waals surface area contributed by atoms with Gasteiger partial charge in [0.05, 0.1) is 35.9 Å². The van der Waals surface area contributed by atoms with E-state index in [0.29, 0.717) is 16.7 Å². The first-order chi connectivity index (χ1) is 19.9. The molecule has 1 heterocycles. The van der Waals surface area contributed by atoms with Crippen molar-refractivity contribution in [3.63, 3.8) is 0 Å². The molecule has 1 amide bonds. The molecule has 2 bridgehead atoms. The molecule has 0 spiro atoms. The van der Waals surface area contributed by atoms with Crippen LogP contribution in [0.2, 0.25) is 0 Å². The van der Waals surface area contributed by atoms with Crippen molar-refractivity contribution in [3.05, 3.63) is 47.0 Å². The van der Waals surface area contributed by atoms with Gasteiger partial charge in [-0.3, -0.25) is 9.59 Å². The molecule has 5 rings (SSSR count). The largest absolute Gasteiger partial charge is 0.456 e. The molecule has 2 saturated carbocycles. The molecule has 10 nitrogen and oxygen atoms in total. The molecule has 4 aliphatic rings.